The second-order valence-electron chi connectivity index (χ2n) is 6.08. The number of amides is 1. The molecule has 0 spiro atoms. The first-order valence-corrected chi connectivity index (χ1v) is 8.31. The highest BCUT2D eigenvalue weighted by Gasteiger charge is 2.30. The van der Waals surface area contributed by atoms with Crippen LogP contribution in [0.15, 0.2) is 48.5 Å². The molecule has 1 amide bonds. The van der Waals surface area contributed by atoms with Gasteiger partial charge in [0.15, 0.2) is 0 Å². The number of benzene rings is 2. The number of hydrogen-bond acceptors (Lipinski definition) is 2. The lowest BCUT2D eigenvalue weighted by molar-refractivity contribution is -0.122. The quantitative estimate of drug-likeness (QED) is 0.862. The van der Waals surface area contributed by atoms with Crippen LogP contribution < -0.4 is 10.1 Å². The summed E-state index contributed by atoms with van der Waals surface area (Å²) in [5, 5.41) is 3.08. The van der Waals surface area contributed by atoms with Crippen molar-refractivity contribution in [2.24, 2.45) is 5.92 Å². The van der Waals surface area contributed by atoms with Crippen LogP contribution in [0.25, 0.3) is 11.1 Å². The van der Waals surface area contributed by atoms with Crippen molar-refractivity contribution in [2.45, 2.75) is 32.7 Å². The molecule has 1 saturated carbocycles. The van der Waals surface area contributed by atoms with Gasteiger partial charge in [-0.05, 0) is 55.5 Å². The Hall–Kier alpha value is -2.29. The topological polar surface area (TPSA) is 38.3 Å². The highest BCUT2D eigenvalue weighted by molar-refractivity contribution is 5.81. The molecule has 1 aliphatic rings. The summed E-state index contributed by atoms with van der Waals surface area (Å²) >= 11 is 0. The van der Waals surface area contributed by atoms with E-state index in [9.17, 15) is 4.79 Å². The van der Waals surface area contributed by atoms with Crippen LogP contribution in [-0.2, 0) is 4.79 Å². The molecule has 23 heavy (non-hydrogen) atoms. The zero-order chi connectivity index (χ0) is 16.2. The van der Waals surface area contributed by atoms with Crippen molar-refractivity contribution in [2.75, 3.05) is 6.61 Å². The van der Waals surface area contributed by atoms with Crippen molar-refractivity contribution in [1.29, 1.82) is 0 Å². The van der Waals surface area contributed by atoms with E-state index >= 15 is 0 Å². The van der Waals surface area contributed by atoms with Crippen molar-refractivity contribution in [1.82, 2.24) is 5.32 Å². The number of nitrogens with one attached hydrogen (secondary N) is 1. The summed E-state index contributed by atoms with van der Waals surface area (Å²) in [6, 6.07) is 16.5. The van der Waals surface area contributed by atoms with E-state index < -0.39 is 0 Å². The summed E-state index contributed by atoms with van der Waals surface area (Å²) < 4.78 is 5.47. The van der Waals surface area contributed by atoms with Crippen molar-refractivity contribution < 1.29 is 9.53 Å². The summed E-state index contributed by atoms with van der Waals surface area (Å²) in [6.07, 6.45) is 2.07. The van der Waals surface area contributed by atoms with Gasteiger partial charge in [0.2, 0.25) is 5.91 Å². The summed E-state index contributed by atoms with van der Waals surface area (Å²) in [4.78, 5) is 11.8. The molecule has 2 aromatic rings. The molecule has 1 fully saturated rings. The second-order valence-corrected chi connectivity index (χ2v) is 6.08. The molecular weight excluding hydrogens is 286 g/mol. The Bertz CT molecular complexity index is 657. The Morgan fingerprint density at radius 3 is 2.17 bits per heavy atom. The fourth-order valence-corrected chi connectivity index (χ4v) is 2.63. The predicted octanol–water partition coefficient (Wildman–Crippen LogP) is 4.34. The summed E-state index contributed by atoms with van der Waals surface area (Å²) in [6.45, 7) is 4.69. The maximum absolute atomic E-state index is 11.8. The van der Waals surface area contributed by atoms with Gasteiger partial charge in [-0.2, -0.15) is 0 Å². The normalized spacial score (nSPS) is 15.0. The Kier molecular flexibility index (Phi) is 4.65. The number of rotatable bonds is 6. The lowest BCUT2D eigenvalue weighted by Crippen LogP contribution is -2.27. The molecule has 120 valence electrons. The van der Waals surface area contributed by atoms with Crippen molar-refractivity contribution >= 4 is 5.91 Å². The zero-order valence-electron chi connectivity index (χ0n) is 13.7. The second kappa shape index (κ2) is 6.86. The first kappa shape index (κ1) is 15.6. The fraction of sp³-hybridized carbons (Fsp3) is 0.350. The van der Waals surface area contributed by atoms with Gasteiger partial charge in [-0.3, -0.25) is 4.79 Å². The molecule has 1 atom stereocenters. The fourth-order valence-electron chi connectivity index (χ4n) is 2.63. The van der Waals surface area contributed by atoms with Crippen LogP contribution in [0.3, 0.4) is 0 Å². The summed E-state index contributed by atoms with van der Waals surface area (Å²) in [5.74, 6) is 1.33. The van der Waals surface area contributed by atoms with E-state index in [1.54, 1.807) is 0 Å². The Balaban J connectivity index is 1.67. The van der Waals surface area contributed by atoms with Crippen LogP contribution in [0.5, 0.6) is 5.75 Å². The number of carbonyl (C=O) groups is 1. The van der Waals surface area contributed by atoms with Crippen LogP contribution in [0.4, 0.5) is 0 Å². The molecule has 0 saturated heterocycles. The minimum atomic E-state index is 0.0532. The van der Waals surface area contributed by atoms with Crippen molar-refractivity contribution in [3.05, 3.63) is 54.1 Å². The van der Waals surface area contributed by atoms with Gasteiger partial charge in [0.05, 0.1) is 12.6 Å². The standard InChI is InChI=1S/C20H23NO2/c1-3-23-19-12-10-17(11-13-19)16-6-4-15(5-7-16)14(2)21-20(22)18-8-9-18/h4-7,10-14,18H,3,8-9H2,1-2H3,(H,21,22)/t14-/m0/s1. The third-order valence-corrected chi connectivity index (χ3v) is 4.22. The average molecular weight is 309 g/mol. The highest BCUT2D eigenvalue weighted by atomic mass is 16.5. The van der Waals surface area contributed by atoms with Gasteiger partial charge < -0.3 is 10.1 Å². The molecule has 2 aromatic carbocycles. The van der Waals surface area contributed by atoms with E-state index in [0.717, 1.165) is 35.3 Å². The lowest BCUT2D eigenvalue weighted by atomic mass is 10.0. The molecule has 0 heterocycles. The third-order valence-electron chi connectivity index (χ3n) is 4.22. The van der Waals surface area contributed by atoms with Crippen LogP contribution in [-0.4, -0.2) is 12.5 Å². The highest BCUT2D eigenvalue weighted by Crippen LogP contribution is 2.30. The van der Waals surface area contributed by atoms with E-state index in [2.05, 4.69) is 41.7 Å². The van der Waals surface area contributed by atoms with Crippen molar-refractivity contribution in [3.8, 4) is 16.9 Å². The van der Waals surface area contributed by atoms with Gasteiger partial charge in [-0.25, -0.2) is 0 Å². The Morgan fingerprint density at radius 2 is 1.65 bits per heavy atom. The molecular formula is C20H23NO2. The summed E-state index contributed by atoms with van der Waals surface area (Å²) in [7, 11) is 0. The largest absolute Gasteiger partial charge is 0.494 e. The van der Waals surface area contributed by atoms with Crippen molar-refractivity contribution in [3.63, 3.8) is 0 Å². The van der Waals surface area contributed by atoms with Crippen LogP contribution in [0.1, 0.15) is 38.3 Å². The number of hydrogen-bond donors (Lipinski definition) is 1. The molecule has 1 aliphatic carbocycles. The first-order chi connectivity index (χ1) is 11.2. The zero-order valence-corrected chi connectivity index (χ0v) is 13.7. The third kappa shape index (κ3) is 3.92. The van der Waals surface area contributed by atoms with Gasteiger partial charge in [0, 0.05) is 5.92 Å². The van der Waals surface area contributed by atoms with E-state index in [4.69, 9.17) is 4.74 Å². The minimum absolute atomic E-state index is 0.0532. The van der Waals surface area contributed by atoms with E-state index in [1.807, 2.05) is 26.0 Å². The molecule has 0 bridgehead atoms. The number of ether oxygens (including phenoxy) is 1. The maximum atomic E-state index is 11.8. The van der Waals surface area contributed by atoms with Gasteiger partial charge in [-0.15, -0.1) is 0 Å². The predicted molar refractivity (Wildman–Crippen MR) is 92.3 cm³/mol. The maximum Gasteiger partial charge on any atom is 0.223 e. The molecule has 1 N–H and O–H groups in total. The van der Waals surface area contributed by atoms with Gasteiger partial charge in [-0.1, -0.05) is 36.4 Å². The van der Waals surface area contributed by atoms with Crippen LogP contribution >= 0.6 is 0 Å². The van der Waals surface area contributed by atoms with Crippen LogP contribution in [0, 0.1) is 5.92 Å². The van der Waals surface area contributed by atoms with E-state index in [-0.39, 0.29) is 17.9 Å². The molecule has 3 rings (SSSR count). The minimum Gasteiger partial charge on any atom is -0.494 e. The summed E-state index contributed by atoms with van der Waals surface area (Å²) in [5.41, 5.74) is 3.46. The molecule has 0 aliphatic heterocycles. The van der Waals surface area contributed by atoms with Gasteiger partial charge in [0.1, 0.15) is 5.75 Å². The molecule has 3 heteroatoms. The molecule has 0 unspecified atom stereocenters. The van der Waals surface area contributed by atoms with Gasteiger partial charge >= 0.3 is 0 Å². The smallest absolute Gasteiger partial charge is 0.223 e. The molecule has 0 radical (unpaired) electrons. The Morgan fingerprint density at radius 1 is 1.09 bits per heavy atom. The molecule has 3 nitrogen and oxygen atoms in total. The van der Waals surface area contributed by atoms with E-state index in [1.165, 1.54) is 0 Å². The SMILES string of the molecule is CCOc1ccc(-c2ccc([C@H](C)NC(=O)C3CC3)cc2)cc1. The Labute approximate surface area is 137 Å². The van der Waals surface area contributed by atoms with E-state index in [0.29, 0.717) is 6.61 Å². The molecule has 0 aromatic heterocycles. The first-order valence-electron chi connectivity index (χ1n) is 8.31. The monoisotopic (exact) mass is 309 g/mol. The number of carbonyl (C=O) groups excluding carboxylic acids is 1. The van der Waals surface area contributed by atoms with Gasteiger partial charge in [0.25, 0.3) is 0 Å². The average Bonchev–Trinajstić information content (AvgIpc) is 3.41. The van der Waals surface area contributed by atoms with Crippen LogP contribution in [0.2, 0.25) is 0 Å². The lowest BCUT2D eigenvalue weighted by Gasteiger charge is -2.15.